The minimum absolute atomic E-state index is 0.0147. The summed E-state index contributed by atoms with van der Waals surface area (Å²) in [7, 11) is 0. The molecule has 3 rings (SSSR count). The lowest BCUT2D eigenvalue weighted by molar-refractivity contribution is 0.318. The van der Waals surface area contributed by atoms with E-state index in [-0.39, 0.29) is 17.6 Å². The maximum atomic E-state index is 11.8. The van der Waals surface area contributed by atoms with E-state index in [4.69, 9.17) is 10.9 Å². The first kappa shape index (κ1) is 14.2. The van der Waals surface area contributed by atoms with Gasteiger partial charge in [0, 0.05) is 21.0 Å². The zero-order valence-electron chi connectivity index (χ0n) is 10.8. The highest BCUT2D eigenvalue weighted by atomic mass is 79.9. The van der Waals surface area contributed by atoms with E-state index in [1.807, 2.05) is 6.07 Å². The largest absolute Gasteiger partial charge is 0.409 e. The third-order valence-corrected chi connectivity index (χ3v) is 4.63. The summed E-state index contributed by atoms with van der Waals surface area (Å²) in [6.45, 7) is 0. The van der Waals surface area contributed by atoms with Crippen LogP contribution in [0, 0.1) is 0 Å². The summed E-state index contributed by atoms with van der Waals surface area (Å²) >= 11 is 4.70. The second-order valence-corrected chi connectivity index (χ2v) is 6.57. The van der Waals surface area contributed by atoms with Gasteiger partial charge in [0.15, 0.2) is 11.0 Å². The van der Waals surface area contributed by atoms with Crippen LogP contribution in [0.25, 0.3) is 0 Å². The molecule has 0 atom stereocenters. The van der Waals surface area contributed by atoms with Crippen molar-refractivity contribution < 1.29 is 5.21 Å². The lowest BCUT2D eigenvalue weighted by atomic mass is 10.2. The molecular weight excluding hydrogens is 358 g/mol. The van der Waals surface area contributed by atoms with Gasteiger partial charge in [-0.3, -0.25) is 4.57 Å². The smallest absolute Gasteiger partial charge is 0.344 e. The fourth-order valence-electron chi connectivity index (χ4n) is 1.96. The Bertz CT molecular complexity index is 765. The maximum absolute atomic E-state index is 11.8. The van der Waals surface area contributed by atoms with Crippen LogP contribution in [0.4, 0.5) is 0 Å². The summed E-state index contributed by atoms with van der Waals surface area (Å²) in [6.07, 6.45) is 1.97. The van der Waals surface area contributed by atoms with Crippen LogP contribution in [-0.4, -0.2) is 25.8 Å². The Morgan fingerprint density at radius 3 is 3.00 bits per heavy atom. The van der Waals surface area contributed by atoms with E-state index < -0.39 is 0 Å². The SMILES string of the molecule is N/C(=N/O)c1ccc(Br)cc1Sc1n[nH]c(=O)n1C1CC1. The Hall–Kier alpha value is -1.74. The van der Waals surface area contributed by atoms with Gasteiger partial charge in [0.2, 0.25) is 0 Å². The van der Waals surface area contributed by atoms with Crippen LogP contribution >= 0.6 is 27.7 Å². The molecule has 0 saturated heterocycles. The molecule has 0 aliphatic heterocycles. The molecule has 4 N–H and O–H groups in total. The maximum Gasteiger partial charge on any atom is 0.344 e. The number of aromatic amines is 1. The molecule has 9 heteroatoms. The van der Waals surface area contributed by atoms with E-state index in [1.165, 1.54) is 11.8 Å². The molecule has 7 nitrogen and oxygen atoms in total. The number of nitrogens with two attached hydrogens (primary N) is 1. The fourth-order valence-corrected chi connectivity index (χ4v) is 3.56. The van der Waals surface area contributed by atoms with E-state index in [1.54, 1.807) is 16.7 Å². The molecular formula is C12H12BrN5O2S. The van der Waals surface area contributed by atoms with Crippen molar-refractivity contribution in [2.24, 2.45) is 10.9 Å². The molecule has 0 unspecified atom stereocenters. The topological polar surface area (TPSA) is 109 Å². The molecule has 1 aromatic heterocycles. The van der Waals surface area contributed by atoms with E-state index in [9.17, 15) is 4.79 Å². The summed E-state index contributed by atoms with van der Waals surface area (Å²) < 4.78 is 2.51. The molecule has 1 aromatic carbocycles. The average molecular weight is 370 g/mol. The van der Waals surface area contributed by atoms with Gasteiger partial charge in [0.1, 0.15) is 0 Å². The normalized spacial score (nSPS) is 15.4. The van der Waals surface area contributed by atoms with E-state index in [0.29, 0.717) is 10.7 Å². The van der Waals surface area contributed by atoms with Crippen molar-refractivity contribution in [3.8, 4) is 0 Å². The zero-order chi connectivity index (χ0) is 15.0. The Labute approximate surface area is 132 Å². The lowest BCUT2D eigenvalue weighted by Crippen LogP contribution is -2.16. The third-order valence-electron chi connectivity index (χ3n) is 3.11. The minimum atomic E-state index is -0.208. The quantitative estimate of drug-likeness (QED) is 0.330. The summed E-state index contributed by atoms with van der Waals surface area (Å²) in [4.78, 5) is 12.5. The molecule has 0 bridgehead atoms. The summed E-state index contributed by atoms with van der Waals surface area (Å²) in [5.41, 5.74) is 6.07. The molecule has 1 saturated carbocycles. The van der Waals surface area contributed by atoms with Crippen molar-refractivity contribution in [2.75, 3.05) is 0 Å². The Morgan fingerprint density at radius 2 is 2.33 bits per heavy atom. The van der Waals surface area contributed by atoms with Gasteiger partial charge >= 0.3 is 5.69 Å². The van der Waals surface area contributed by atoms with E-state index >= 15 is 0 Å². The highest BCUT2D eigenvalue weighted by molar-refractivity contribution is 9.10. The van der Waals surface area contributed by atoms with Crippen molar-refractivity contribution in [3.63, 3.8) is 0 Å². The van der Waals surface area contributed by atoms with Crippen LogP contribution in [0.15, 0.2) is 42.7 Å². The molecule has 0 spiro atoms. The number of nitrogens with one attached hydrogen (secondary N) is 1. The first-order chi connectivity index (χ1) is 10.1. The predicted molar refractivity (Wildman–Crippen MR) is 81.9 cm³/mol. The van der Waals surface area contributed by atoms with Crippen molar-refractivity contribution >= 4 is 33.5 Å². The summed E-state index contributed by atoms with van der Waals surface area (Å²) in [5.74, 6) is 0.0147. The van der Waals surface area contributed by atoms with Crippen LogP contribution in [0.5, 0.6) is 0 Å². The Balaban J connectivity index is 2.02. The number of amidine groups is 1. The Morgan fingerprint density at radius 1 is 1.57 bits per heavy atom. The fraction of sp³-hybridized carbons (Fsp3) is 0.250. The van der Waals surface area contributed by atoms with Gasteiger partial charge in [-0.1, -0.05) is 21.1 Å². The van der Waals surface area contributed by atoms with Gasteiger partial charge < -0.3 is 10.9 Å². The molecule has 1 aliphatic rings. The number of hydrogen-bond donors (Lipinski definition) is 3. The number of hydrogen-bond acceptors (Lipinski definition) is 5. The lowest BCUT2D eigenvalue weighted by Gasteiger charge is -2.08. The van der Waals surface area contributed by atoms with E-state index in [0.717, 1.165) is 22.2 Å². The Kier molecular flexibility index (Phi) is 3.77. The second-order valence-electron chi connectivity index (χ2n) is 4.64. The molecule has 1 heterocycles. The van der Waals surface area contributed by atoms with E-state index in [2.05, 4.69) is 31.3 Å². The number of H-pyrrole nitrogens is 1. The number of aromatic nitrogens is 3. The standard InChI is InChI=1S/C12H12BrN5O2S/c13-6-1-4-8(10(14)17-20)9(5-6)21-12-16-15-11(19)18(12)7-2-3-7/h1,4-5,7,20H,2-3H2,(H2,14,17)(H,15,19). The molecule has 0 amide bonds. The molecule has 0 radical (unpaired) electrons. The summed E-state index contributed by atoms with van der Waals surface area (Å²) in [5, 5.41) is 19.0. The molecule has 1 fully saturated rings. The number of benzene rings is 1. The number of oxime groups is 1. The van der Waals surface area contributed by atoms with Crippen LogP contribution in [0.1, 0.15) is 24.4 Å². The van der Waals surface area contributed by atoms with Gasteiger partial charge in [-0.05, 0) is 42.8 Å². The predicted octanol–water partition coefficient (Wildman–Crippen LogP) is 1.91. The van der Waals surface area contributed by atoms with Crippen molar-refractivity contribution in [2.45, 2.75) is 28.9 Å². The monoisotopic (exact) mass is 369 g/mol. The minimum Gasteiger partial charge on any atom is -0.409 e. The van der Waals surface area contributed by atoms with Gasteiger partial charge in [0.25, 0.3) is 0 Å². The molecule has 21 heavy (non-hydrogen) atoms. The number of nitrogens with zero attached hydrogens (tertiary/aromatic N) is 3. The number of rotatable bonds is 4. The summed E-state index contributed by atoms with van der Waals surface area (Å²) in [6, 6.07) is 5.61. The first-order valence-electron chi connectivity index (χ1n) is 6.22. The van der Waals surface area contributed by atoms with Gasteiger partial charge in [-0.15, -0.1) is 5.10 Å². The van der Waals surface area contributed by atoms with Crippen molar-refractivity contribution in [1.29, 1.82) is 0 Å². The van der Waals surface area contributed by atoms with Gasteiger partial charge in [-0.2, -0.15) is 0 Å². The van der Waals surface area contributed by atoms with Crippen LogP contribution in [0.3, 0.4) is 0 Å². The van der Waals surface area contributed by atoms with Crippen LogP contribution in [-0.2, 0) is 0 Å². The van der Waals surface area contributed by atoms with Gasteiger partial charge in [0.05, 0.1) is 0 Å². The zero-order valence-corrected chi connectivity index (χ0v) is 13.2. The highest BCUT2D eigenvalue weighted by Crippen LogP contribution is 2.38. The van der Waals surface area contributed by atoms with Crippen molar-refractivity contribution in [3.05, 3.63) is 38.7 Å². The average Bonchev–Trinajstić information content (AvgIpc) is 3.23. The second kappa shape index (κ2) is 5.57. The molecule has 2 aromatic rings. The highest BCUT2D eigenvalue weighted by Gasteiger charge is 2.29. The van der Waals surface area contributed by atoms with Crippen LogP contribution < -0.4 is 11.4 Å². The first-order valence-corrected chi connectivity index (χ1v) is 7.83. The molecule has 1 aliphatic carbocycles. The molecule has 110 valence electrons. The third kappa shape index (κ3) is 2.84. The van der Waals surface area contributed by atoms with Gasteiger partial charge in [-0.25, -0.2) is 9.89 Å². The van der Waals surface area contributed by atoms with Crippen LogP contribution in [0.2, 0.25) is 0 Å². The number of halogens is 1. The van der Waals surface area contributed by atoms with Crippen molar-refractivity contribution in [1.82, 2.24) is 14.8 Å².